The summed E-state index contributed by atoms with van der Waals surface area (Å²) in [7, 11) is 0. The number of aryl methyl sites for hydroxylation is 2. The molecule has 2 aromatic heterocycles. The van der Waals surface area contributed by atoms with Crippen molar-refractivity contribution in [3.8, 4) is 0 Å². The average molecular weight is 187 g/mol. The molecule has 0 amide bonds. The van der Waals surface area contributed by atoms with Gasteiger partial charge in [0.25, 0.3) is 0 Å². The molecule has 0 atom stereocenters. The van der Waals surface area contributed by atoms with E-state index in [1.54, 1.807) is 6.33 Å². The van der Waals surface area contributed by atoms with Crippen molar-refractivity contribution in [3.63, 3.8) is 0 Å². The second-order valence-corrected chi connectivity index (χ2v) is 3.85. The van der Waals surface area contributed by atoms with Crippen LogP contribution in [0, 0.1) is 0 Å². The number of aromatic nitrogens is 3. The first-order valence-corrected chi connectivity index (χ1v) is 5.23. The maximum atomic E-state index is 4.32. The van der Waals surface area contributed by atoms with E-state index >= 15 is 0 Å². The Labute approximate surface area is 82.8 Å². The molecule has 0 aromatic carbocycles. The highest BCUT2D eigenvalue weighted by Gasteiger charge is 2.18. The summed E-state index contributed by atoms with van der Waals surface area (Å²) in [5, 5.41) is 4.21. The van der Waals surface area contributed by atoms with Gasteiger partial charge < -0.3 is 0 Å². The minimum atomic E-state index is 1.06. The van der Waals surface area contributed by atoms with Crippen molar-refractivity contribution >= 4 is 5.65 Å². The summed E-state index contributed by atoms with van der Waals surface area (Å²) < 4.78 is 1.92. The van der Waals surface area contributed by atoms with E-state index in [9.17, 15) is 0 Å². The van der Waals surface area contributed by atoms with Crippen molar-refractivity contribution in [1.29, 1.82) is 0 Å². The summed E-state index contributed by atoms with van der Waals surface area (Å²) in [5.41, 5.74) is 5.47. The van der Waals surface area contributed by atoms with Gasteiger partial charge in [0.2, 0.25) is 0 Å². The summed E-state index contributed by atoms with van der Waals surface area (Å²) in [5.74, 6) is 0. The lowest BCUT2D eigenvalue weighted by Crippen LogP contribution is -1.99. The Balaban J connectivity index is 2.40. The Morgan fingerprint density at radius 3 is 3.07 bits per heavy atom. The number of hydrogen-bond acceptors (Lipinski definition) is 2. The van der Waals surface area contributed by atoms with Crippen LogP contribution in [0.5, 0.6) is 0 Å². The van der Waals surface area contributed by atoms with Gasteiger partial charge in [0.15, 0.2) is 5.65 Å². The minimum absolute atomic E-state index is 1.06. The van der Waals surface area contributed by atoms with Crippen LogP contribution in [0.1, 0.15) is 30.0 Å². The Morgan fingerprint density at radius 1 is 1.36 bits per heavy atom. The van der Waals surface area contributed by atoms with Gasteiger partial charge in [-0.3, -0.25) is 0 Å². The van der Waals surface area contributed by atoms with Crippen LogP contribution in [-0.2, 0) is 19.3 Å². The van der Waals surface area contributed by atoms with E-state index in [0.29, 0.717) is 0 Å². The molecule has 2 heterocycles. The van der Waals surface area contributed by atoms with Gasteiger partial charge in [-0.25, -0.2) is 9.50 Å². The number of hydrogen-bond donors (Lipinski definition) is 0. The molecule has 3 heteroatoms. The number of fused-ring (bicyclic) bond motifs is 3. The zero-order chi connectivity index (χ0) is 9.54. The van der Waals surface area contributed by atoms with Gasteiger partial charge in [0.05, 0.1) is 0 Å². The molecule has 0 aliphatic heterocycles. The van der Waals surface area contributed by atoms with Crippen LogP contribution in [0.4, 0.5) is 0 Å². The van der Waals surface area contributed by atoms with Crippen molar-refractivity contribution in [2.75, 3.05) is 0 Å². The van der Waals surface area contributed by atoms with Crippen LogP contribution in [0.3, 0.4) is 0 Å². The molecule has 14 heavy (non-hydrogen) atoms. The van der Waals surface area contributed by atoms with Gasteiger partial charge in [0, 0.05) is 11.8 Å². The van der Waals surface area contributed by atoms with Crippen molar-refractivity contribution in [3.05, 3.63) is 29.2 Å². The Bertz CT molecular complexity index is 484. The number of pyridine rings is 1. The average Bonchev–Trinajstić information content (AvgIpc) is 2.83. The van der Waals surface area contributed by atoms with Crippen molar-refractivity contribution in [2.45, 2.75) is 32.6 Å². The lowest BCUT2D eigenvalue weighted by atomic mass is 10.0. The largest absolute Gasteiger partial charge is 0.221 e. The van der Waals surface area contributed by atoms with Gasteiger partial charge in [-0.2, -0.15) is 5.10 Å². The third kappa shape index (κ3) is 0.924. The smallest absolute Gasteiger partial charge is 0.158 e. The van der Waals surface area contributed by atoms with E-state index in [4.69, 9.17) is 0 Å². The zero-order valence-electron chi connectivity index (χ0n) is 8.32. The molecule has 3 nitrogen and oxygen atoms in total. The lowest BCUT2D eigenvalue weighted by molar-refractivity contribution is 0.904. The third-order valence-corrected chi connectivity index (χ3v) is 3.11. The van der Waals surface area contributed by atoms with Gasteiger partial charge in [-0.15, -0.1) is 0 Å². The van der Waals surface area contributed by atoms with E-state index in [1.165, 1.54) is 36.0 Å². The first kappa shape index (κ1) is 7.97. The maximum Gasteiger partial charge on any atom is 0.158 e. The van der Waals surface area contributed by atoms with Gasteiger partial charge >= 0.3 is 0 Å². The topological polar surface area (TPSA) is 30.2 Å². The summed E-state index contributed by atoms with van der Waals surface area (Å²) in [4.78, 5) is 4.32. The molecule has 3 rings (SSSR count). The van der Waals surface area contributed by atoms with Gasteiger partial charge in [-0.1, -0.05) is 6.92 Å². The predicted molar refractivity (Wildman–Crippen MR) is 54.4 cm³/mol. The van der Waals surface area contributed by atoms with Gasteiger partial charge in [-0.05, 0) is 36.8 Å². The fraction of sp³-hybridized carbons (Fsp3) is 0.455. The van der Waals surface area contributed by atoms with E-state index in [1.807, 2.05) is 4.52 Å². The SMILES string of the molecule is CCc1cn2ncnc2c2c1CCC2. The fourth-order valence-corrected chi connectivity index (χ4v) is 2.44. The Kier molecular flexibility index (Phi) is 1.60. The molecule has 1 aliphatic rings. The standard InChI is InChI=1S/C11H13N3/c1-2-8-6-14-11(12-7-13-14)10-5-3-4-9(8)10/h6-7H,2-5H2,1H3. The second kappa shape index (κ2) is 2.80. The third-order valence-electron chi connectivity index (χ3n) is 3.11. The zero-order valence-corrected chi connectivity index (χ0v) is 8.32. The van der Waals surface area contributed by atoms with Gasteiger partial charge in [0.1, 0.15) is 6.33 Å². The molecule has 0 spiro atoms. The van der Waals surface area contributed by atoms with Crippen LogP contribution in [0.25, 0.3) is 5.65 Å². The van der Waals surface area contributed by atoms with Crippen LogP contribution < -0.4 is 0 Å². The molecule has 0 unspecified atom stereocenters. The van der Waals surface area contributed by atoms with Crippen LogP contribution in [0.15, 0.2) is 12.5 Å². The van der Waals surface area contributed by atoms with E-state index in [0.717, 1.165) is 12.1 Å². The number of rotatable bonds is 1. The number of nitrogens with zero attached hydrogens (tertiary/aromatic N) is 3. The van der Waals surface area contributed by atoms with Crippen molar-refractivity contribution < 1.29 is 0 Å². The molecule has 0 saturated heterocycles. The van der Waals surface area contributed by atoms with E-state index in [2.05, 4.69) is 23.2 Å². The molecular weight excluding hydrogens is 174 g/mol. The summed E-state index contributed by atoms with van der Waals surface area (Å²) in [6.45, 7) is 2.21. The van der Waals surface area contributed by atoms with Crippen molar-refractivity contribution in [2.24, 2.45) is 0 Å². The normalized spacial score (nSPS) is 14.9. The first-order chi connectivity index (χ1) is 6.90. The molecule has 0 N–H and O–H groups in total. The quantitative estimate of drug-likeness (QED) is 0.681. The fourth-order valence-electron chi connectivity index (χ4n) is 2.44. The molecule has 0 saturated carbocycles. The summed E-state index contributed by atoms with van der Waals surface area (Å²) in [6.07, 6.45) is 8.54. The highest BCUT2D eigenvalue weighted by molar-refractivity contribution is 5.55. The molecular formula is C11H13N3. The predicted octanol–water partition coefficient (Wildman–Crippen LogP) is 1.78. The van der Waals surface area contributed by atoms with Crippen LogP contribution in [0.2, 0.25) is 0 Å². The highest BCUT2D eigenvalue weighted by atomic mass is 15.3. The molecule has 1 aliphatic carbocycles. The molecule has 0 radical (unpaired) electrons. The highest BCUT2D eigenvalue weighted by Crippen LogP contribution is 2.28. The van der Waals surface area contributed by atoms with Crippen LogP contribution >= 0.6 is 0 Å². The Hall–Kier alpha value is -1.38. The lowest BCUT2D eigenvalue weighted by Gasteiger charge is -2.07. The molecule has 72 valence electrons. The molecule has 0 fully saturated rings. The van der Waals surface area contributed by atoms with Crippen molar-refractivity contribution in [1.82, 2.24) is 14.6 Å². The molecule has 0 bridgehead atoms. The summed E-state index contributed by atoms with van der Waals surface area (Å²) in [6, 6.07) is 0. The van der Waals surface area contributed by atoms with E-state index < -0.39 is 0 Å². The van der Waals surface area contributed by atoms with E-state index in [-0.39, 0.29) is 0 Å². The summed E-state index contributed by atoms with van der Waals surface area (Å²) >= 11 is 0. The minimum Gasteiger partial charge on any atom is -0.221 e. The van der Waals surface area contributed by atoms with Crippen LogP contribution in [-0.4, -0.2) is 14.6 Å². The first-order valence-electron chi connectivity index (χ1n) is 5.23. The molecule has 2 aromatic rings. The Morgan fingerprint density at radius 2 is 2.21 bits per heavy atom. The second-order valence-electron chi connectivity index (χ2n) is 3.85. The maximum absolute atomic E-state index is 4.32. The monoisotopic (exact) mass is 187 g/mol.